The molecule has 0 aromatic heterocycles. The molecule has 21 heavy (non-hydrogen) atoms. The summed E-state index contributed by atoms with van der Waals surface area (Å²) in [5, 5.41) is 0. The highest BCUT2D eigenvalue weighted by Gasteiger charge is 2.17. The number of nitrogens with zero attached hydrogens (tertiary/aromatic N) is 1. The summed E-state index contributed by atoms with van der Waals surface area (Å²) in [5.41, 5.74) is 8.20. The standard InChI is InChI=1S/C16H17FN2O2/c1-19(10-11-5-3-6-12(17)9-11)15-13(16(20)21-2)7-4-8-14(15)18/h3-9H,10,18H2,1-2H3. The van der Waals surface area contributed by atoms with Crippen molar-refractivity contribution in [1.82, 2.24) is 0 Å². The highest BCUT2D eigenvalue weighted by atomic mass is 19.1. The molecule has 2 rings (SSSR count). The van der Waals surface area contributed by atoms with Gasteiger partial charge in [0.1, 0.15) is 5.82 Å². The molecule has 2 aromatic rings. The van der Waals surface area contributed by atoms with E-state index in [0.717, 1.165) is 5.56 Å². The van der Waals surface area contributed by atoms with Gasteiger partial charge in [0.2, 0.25) is 0 Å². The molecule has 0 saturated carbocycles. The van der Waals surface area contributed by atoms with Crippen molar-refractivity contribution in [3.8, 4) is 0 Å². The molecule has 0 radical (unpaired) electrons. The van der Waals surface area contributed by atoms with Gasteiger partial charge in [-0.3, -0.25) is 0 Å². The lowest BCUT2D eigenvalue weighted by Gasteiger charge is -2.23. The molecule has 4 nitrogen and oxygen atoms in total. The fourth-order valence-electron chi connectivity index (χ4n) is 2.25. The normalized spacial score (nSPS) is 10.2. The number of benzene rings is 2. The van der Waals surface area contributed by atoms with Crippen molar-refractivity contribution in [3.63, 3.8) is 0 Å². The summed E-state index contributed by atoms with van der Waals surface area (Å²) in [5.74, 6) is -0.751. The van der Waals surface area contributed by atoms with Crippen LogP contribution in [-0.4, -0.2) is 20.1 Å². The Morgan fingerprint density at radius 3 is 2.67 bits per heavy atom. The van der Waals surface area contributed by atoms with Gasteiger partial charge in [0, 0.05) is 13.6 Å². The highest BCUT2D eigenvalue weighted by Crippen LogP contribution is 2.28. The number of carbonyl (C=O) groups is 1. The van der Waals surface area contributed by atoms with E-state index in [9.17, 15) is 9.18 Å². The number of nitrogens with two attached hydrogens (primary N) is 1. The Kier molecular flexibility index (Phi) is 4.42. The molecule has 2 N–H and O–H groups in total. The lowest BCUT2D eigenvalue weighted by Crippen LogP contribution is -2.21. The fourth-order valence-corrected chi connectivity index (χ4v) is 2.25. The van der Waals surface area contributed by atoms with Crippen LogP contribution in [0.25, 0.3) is 0 Å². The van der Waals surface area contributed by atoms with E-state index in [1.54, 1.807) is 36.2 Å². The number of para-hydroxylation sites is 1. The van der Waals surface area contributed by atoms with Gasteiger partial charge in [-0.25, -0.2) is 9.18 Å². The van der Waals surface area contributed by atoms with Crippen molar-refractivity contribution >= 4 is 17.3 Å². The predicted molar refractivity (Wildman–Crippen MR) is 80.7 cm³/mol. The minimum atomic E-state index is -0.455. The number of halogens is 1. The van der Waals surface area contributed by atoms with Gasteiger partial charge in [-0.05, 0) is 29.8 Å². The smallest absolute Gasteiger partial charge is 0.340 e. The van der Waals surface area contributed by atoms with E-state index in [0.29, 0.717) is 23.5 Å². The summed E-state index contributed by atoms with van der Waals surface area (Å²) in [6, 6.07) is 11.4. The van der Waals surface area contributed by atoms with E-state index < -0.39 is 5.97 Å². The predicted octanol–water partition coefficient (Wildman–Crippen LogP) is 2.83. The number of ether oxygens (including phenoxy) is 1. The third kappa shape index (κ3) is 3.31. The number of methoxy groups -OCH3 is 1. The van der Waals surface area contributed by atoms with Crippen LogP contribution in [-0.2, 0) is 11.3 Å². The van der Waals surface area contributed by atoms with E-state index >= 15 is 0 Å². The molecule has 0 heterocycles. The van der Waals surface area contributed by atoms with Gasteiger partial charge in [-0.15, -0.1) is 0 Å². The Morgan fingerprint density at radius 1 is 1.29 bits per heavy atom. The minimum Gasteiger partial charge on any atom is -0.465 e. The van der Waals surface area contributed by atoms with E-state index in [-0.39, 0.29) is 5.82 Å². The summed E-state index contributed by atoms with van der Waals surface area (Å²) in [4.78, 5) is 13.6. The Balaban J connectivity index is 2.34. The largest absolute Gasteiger partial charge is 0.465 e. The van der Waals surface area contributed by atoms with Crippen LogP contribution in [0.15, 0.2) is 42.5 Å². The Bertz CT molecular complexity index is 658. The molecular formula is C16H17FN2O2. The van der Waals surface area contributed by atoms with Gasteiger partial charge in [-0.2, -0.15) is 0 Å². The topological polar surface area (TPSA) is 55.6 Å². The van der Waals surface area contributed by atoms with Crippen molar-refractivity contribution in [3.05, 3.63) is 59.4 Å². The summed E-state index contributed by atoms with van der Waals surface area (Å²) < 4.78 is 18.0. The van der Waals surface area contributed by atoms with Crippen LogP contribution < -0.4 is 10.6 Å². The highest BCUT2D eigenvalue weighted by molar-refractivity contribution is 5.99. The second-order valence-corrected chi connectivity index (χ2v) is 4.72. The number of carbonyl (C=O) groups excluding carboxylic acids is 1. The number of hydrogen-bond donors (Lipinski definition) is 1. The Labute approximate surface area is 122 Å². The van der Waals surface area contributed by atoms with Crippen LogP contribution in [0.2, 0.25) is 0 Å². The molecule has 0 aliphatic heterocycles. The van der Waals surface area contributed by atoms with Gasteiger partial charge < -0.3 is 15.4 Å². The van der Waals surface area contributed by atoms with E-state index in [2.05, 4.69) is 0 Å². The van der Waals surface area contributed by atoms with E-state index in [1.807, 2.05) is 6.07 Å². The number of anilines is 2. The number of rotatable bonds is 4. The zero-order valence-corrected chi connectivity index (χ0v) is 12.0. The van der Waals surface area contributed by atoms with Gasteiger partial charge in [0.25, 0.3) is 0 Å². The molecule has 0 unspecified atom stereocenters. The first-order chi connectivity index (χ1) is 10.0. The molecule has 2 aromatic carbocycles. The van der Waals surface area contributed by atoms with Crippen LogP contribution in [0, 0.1) is 5.82 Å². The van der Waals surface area contributed by atoms with Crippen LogP contribution in [0.3, 0.4) is 0 Å². The Morgan fingerprint density at radius 2 is 2.00 bits per heavy atom. The Hall–Kier alpha value is -2.56. The maximum atomic E-state index is 13.2. The maximum Gasteiger partial charge on any atom is 0.340 e. The molecule has 0 aliphatic carbocycles. The minimum absolute atomic E-state index is 0.296. The van der Waals surface area contributed by atoms with Crippen molar-refractivity contribution in [2.45, 2.75) is 6.54 Å². The SMILES string of the molecule is COC(=O)c1cccc(N)c1N(C)Cc1cccc(F)c1. The van der Waals surface area contributed by atoms with Gasteiger partial charge in [0.15, 0.2) is 0 Å². The molecule has 0 aliphatic rings. The first-order valence-corrected chi connectivity index (χ1v) is 6.45. The summed E-state index contributed by atoms with van der Waals surface area (Å²) in [7, 11) is 3.12. The molecule has 5 heteroatoms. The zero-order valence-electron chi connectivity index (χ0n) is 12.0. The number of hydrogen-bond acceptors (Lipinski definition) is 4. The molecule has 110 valence electrons. The molecule has 0 amide bonds. The van der Waals surface area contributed by atoms with E-state index in [1.165, 1.54) is 19.2 Å². The molecule has 0 atom stereocenters. The van der Waals surface area contributed by atoms with Crippen LogP contribution >= 0.6 is 0 Å². The summed E-state index contributed by atoms with van der Waals surface area (Å²) >= 11 is 0. The fraction of sp³-hybridized carbons (Fsp3) is 0.188. The summed E-state index contributed by atoms with van der Waals surface area (Å²) in [6.45, 7) is 0.427. The van der Waals surface area contributed by atoms with Gasteiger partial charge in [0.05, 0.1) is 24.0 Å². The summed E-state index contributed by atoms with van der Waals surface area (Å²) in [6.07, 6.45) is 0. The molecular weight excluding hydrogens is 271 g/mol. The monoisotopic (exact) mass is 288 g/mol. The number of esters is 1. The average Bonchev–Trinajstić information content (AvgIpc) is 2.46. The quantitative estimate of drug-likeness (QED) is 0.694. The molecule has 0 fully saturated rings. The van der Waals surface area contributed by atoms with Crippen LogP contribution in [0.4, 0.5) is 15.8 Å². The zero-order chi connectivity index (χ0) is 15.4. The third-order valence-corrected chi connectivity index (χ3v) is 3.16. The van der Waals surface area contributed by atoms with Crippen molar-refractivity contribution in [1.29, 1.82) is 0 Å². The molecule has 0 spiro atoms. The molecule has 0 saturated heterocycles. The van der Waals surface area contributed by atoms with Crippen LogP contribution in [0.1, 0.15) is 15.9 Å². The lowest BCUT2D eigenvalue weighted by molar-refractivity contribution is 0.0601. The third-order valence-electron chi connectivity index (χ3n) is 3.16. The first-order valence-electron chi connectivity index (χ1n) is 6.45. The second kappa shape index (κ2) is 6.26. The first kappa shape index (κ1) is 14.8. The van der Waals surface area contributed by atoms with Crippen LogP contribution in [0.5, 0.6) is 0 Å². The van der Waals surface area contributed by atoms with E-state index in [4.69, 9.17) is 10.5 Å². The lowest BCUT2D eigenvalue weighted by atomic mass is 10.1. The average molecular weight is 288 g/mol. The van der Waals surface area contributed by atoms with Crippen molar-refractivity contribution in [2.24, 2.45) is 0 Å². The van der Waals surface area contributed by atoms with Gasteiger partial charge >= 0.3 is 5.97 Å². The van der Waals surface area contributed by atoms with Gasteiger partial charge in [-0.1, -0.05) is 18.2 Å². The van der Waals surface area contributed by atoms with Crippen molar-refractivity contribution < 1.29 is 13.9 Å². The van der Waals surface area contributed by atoms with Crippen molar-refractivity contribution in [2.75, 3.05) is 24.8 Å². The maximum absolute atomic E-state index is 13.2. The number of nitrogen functional groups attached to an aromatic ring is 1. The second-order valence-electron chi connectivity index (χ2n) is 4.72. The molecule has 0 bridgehead atoms.